The lowest BCUT2D eigenvalue weighted by Crippen LogP contribution is -2.23. The van der Waals surface area contributed by atoms with Crippen molar-refractivity contribution in [2.75, 3.05) is 6.61 Å². The molecule has 6 heteroatoms. The smallest absolute Gasteiger partial charge is 0.326 e. The summed E-state index contributed by atoms with van der Waals surface area (Å²) in [4.78, 5) is 29.0. The highest BCUT2D eigenvalue weighted by molar-refractivity contribution is 7.16. The summed E-state index contributed by atoms with van der Waals surface area (Å²) >= 11 is 1.37. The Kier molecular flexibility index (Phi) is 4.86. The van der Waals surface area contributed by atoms with Crippen molar-refractivity contribution in [2.24, 2.45) is 4.99 Å². The molecule has 0 saturated heterocycles. The molecule has 0 radical (unpaired) electrons. The zero-order chi connectivity index (χ0) is 16.9. The average molecular weight is 340 g/mol. The fourth-order valence-corrected chi connectivity index (χ4v) is 3.35. The third-order valence-corrected chi connectivity index (χ3v) is 4.46. The Morgan fingerprint density at radius 3 is 2.54 bits per heavy atom. The van der Waals surface area contributed by atoms with Crippen LogP contribution in [0.3, 0.4) is 0 Å². The second kappa shape index (κ2) is 7.23. The topological polar surface area (TPSA) is 60.7 Å². The van der Waals surface area contributed by atoms with E-state index in [1.165, 1.54) is 11.3 Å². The highest BCUT2D eigenvalue weighted by Crippen LogP contribution is 2.17. The summed E-state index contributed by atoms with van der Waals surface area (Å²) in [5, 5.41) is 0. The van der Waals surface area contributed by atoms with E-state index in [1.54, 1.807) is 35.8 Å². The first-order valence-electron chi connectivity index (χ1n) is 7.57. The van der Waals surface area contributed by atoms with E-state index in [2.05, 4.69) is 4.99 Å². The molecule has 122 valence electrons. The van der Waals surface area contributed by atoms with Crippen molar-refractivity contribution in [1.29, 1.82) is 0 Å². The maximum absolute atomic E-state index is 12.4. The minimum Gasteiger partial charge on any atom is -0.465 e. The van der Waals surface area contributed by atoms with Gasteiger partial charge in [-0.05, 0) is 31.2 Å². The maximum Gasteiger partial charge on any atom is 0.326 e. The van der Waals surface area contributed by atoms with E-state index in [1.807, 2.05) is 30.3 Å². The molecule has 2 aromatic carbocycles. The Morgan fingerprint density at radius 1 is 1.08 bits per heavy atom. The van der Waals surface area contributed by atoms with E-state index in [9.17, 15) is 9.59 Å². The largest absolute Gasteiger partial charge is 0.465 e. The molecule has 0 aliphatic rings. The molecule has 1 heterocycles. The number of para-hydroxylation sites is 1. The Morgan fingerprint density at radius 2 is 1.79 bits per heavy atom. The van der Waals surface area contributed by atoms with Crippen LogP contribution in [-0.2, 0) is 16.1 Å². The number of thiazole rings is 1. The first-order chi connectivity index (χ1) is 11.7. The molecular weight excluding hydrogens is 324 g/mol. The van der Waals surface area contributed by atoms with Gasteiger partial charge in [0.2, 0.25) is 0 Å². The molecule has 24 heavy (non-hydrogen) atoms. The third-order valence-electron chi connectivity index (χ3n) is 3.40. The molecule has 0 unspecified atom stereocenters. The molecule has 0 atom stereocenters. The number of carbonyl (C=O) groups is 2. The normalized spacial score (nSPS) is 11.6. The molecule has 0 N–H and O–H groups in total. The molecule has 0 aliphatic heterocycles. The summed E-state index contributed by atoms with van der Waals surface area (Å²) in [6.45, 7) is 2.11. The van der Waals surface area contributed by atoms with Gasteiger partial charge in [0, 0.05) is 5.56 Å². The van der Waals surface area contributed by atoms with Gasteiger partial charge in [-0.1, -0.05) is 41.7 Å². The molecule has 0 fully saturated rings. The van der Waals surface area contributed by atoms with Crippen LogP contribution in [0.2, 0.25) is 0 Å². The van der Waals surface area contributed by atoms with Crippen LogP contribution in [0.25, 0.3) is 10.2 Å². The average Bonchev–Trinajstić information content (AvgIpc) is 2.93. The van der Waals surface area contributed by atoms with Gasteiger partial charge >= 0.3 is 5.97 Å². The number of nitrogens with zero attached hydrogens (tertiary/aromatic N) is 2. The summed E-state index contributed by atoms with van der Waals surface area (Å²) in [6.07, 6.45) is 0. The number of benzene rings is 2. The standard InChI is InChI=1S/C18H16N2O3S/c1-2-23-16(21)12-20-14-10-6-7-11-15(14)24-18(20)19-17(22)13-8-4-3-5-9-13/h3-11H,2,12H2,1H3/b19-18-. The molecule has 1 aromatic heterocycles. The van der Waals surface area contributed by atoms with Crippen LogP contribution in [0, 0.1) is 0 Å². The van der Waals surface area contributed by atoms with Gasteiger partial charge in [-0.25, -0.2) is 0 Å². The Balaban J connectivity index is 2.08. The molecular formula is C18H16N2O3S. The minimum atomic E-state index is -0.352. The van der Waals surface area contributed by atoms with E-state index in [0.717, 1.165) is 10.2 Å². The van der Waals surface area contributed by atoms with Crippen molar-refractivity contribution in [3.05, 3.63) is 65.0 Å². The molecule has 1 amide bonds. The lowest BCUT2D eigenvalue weighted by Gasteiger charge is -2.04. The monoisotopic (exact) mass is 340 g/mol. The van der Waals surface area contributed by atoms with Crippen molar-refractivity contribution >= 4 is 33.4 Å². The number of aromatic nitrogens is 1. The van der Waals surface area contributed by atoms with Gasteiger partial charge in [-0.3, -0.25) is 9.59 Å². The first kappa shape index (κ1) is 16.1. The molecule has 3 rings (SSSR count). The molecule has 0 spiro atoms. The predicted octanol–water partition coefficient (Wildman–Crippen LogP) is 3.01. The predicted molar refractivity (Wildman–Crippen MR) is 92.8 cm³/mol. The number of fused-ring (bicyclic) bond motifs is 1. The molecule has 5 nitrogen and oxygen atoms in total. The van der Waals surface area contributed by atoms with E-state index >= 15 is 0 Å². The summed E-state index contributed by atoms with van der Waals surface area (Å²) in [5.41, 5.74) is 1.37. The summed E-state index contributed by atoms with van der Waals surface area (Å²) in [5.74, 6) is -0.686. The Hall–Kier alpha value is -2.73. The van der Waals surface area contributed by atoms with Crippen LogP contribution in [0.5, 0.6) is 0 Å². The highest BCUT2D eigenvalue weighted by Gasteiger charge is 2.12. The van der Waals surface area contributed by atoms with Crippen molar-refractivity contribution in [1.82, 2.24) is 4.57 Å². The molecule has 0 aliphatic carbocycles. The van der Waals surface area contributed by atoms with Crippen molar-refractivity contribution in [3.8, 4) is 0 Å². The second-order valence-electron chi connectivity index (χ2n) is 5.03. The Labute approximate surface area is 142 Å². The van der Waals surface area contributed by atoms with Gasteiger partial charge in [0.05, 0.1) is 16.8 Å². The minimum absolute atomic E-state index is 0.0265. The van der Waals surface area contributed by atoms with E-state index in [0.29, 0.717) is 17.0 Å². The number of hydrogen-bond acceptors (Lipinski definition) is 4. The third kappa shape index (κ3) is 3.44. The SMILES string of the molecule is CCOC(=O)Cn1/c(=N/C(=O)c2ccccc2)sc2ccccc21. The van der Waals surface area contributed by atoms with Crippen molar-refractivity contribution in [2.45, 2.75) is 13.5 Å². The van der Waals surface area contributed by atoms with Gasteiger partial charge < -0.3 is 9.30 Å². The van der Waals surface area contributed by atoms with Gasteiger partial charge in [0.15, 0.2) is 4.80 Å². The van der Waals surface area contributed by atoms with Crippen molar-refractivity contribution < 1.29 is 14.3 Å². The van der Waals surface area contributed by atoms with Gasteiger partial charge in [0.25, 0.3) is 5.91 Å². The zero-order valence-electron chi connectivity index (χ0n) is 13.1. The maximum atomic E-state index is 12.4. The number of esters is 1. The van der Waals surface area contributed by atoms with E-state index in [-0.39, 0.29) is 18.4 Å². The fraction of sp³-hybridized carbons (Fsp3) is 0.167. The lowest BCUT2D eigenvalue weighted by atomic mass is 10.2. The second-order valence-corrected chi connectivity index (χ2v) is 6.04. The van der Waals surface area contributed by atoms with Gasteiger partial charge in [0.1, 0.15) is 6.54 Å². The van der Waals surface area contributed by atoms with Gasteiger partial charge in [-0.15, -0.1) is 0 Å². The zero-order valence-corrected chi connectivity index (χ0v) is 14.0. The molecule has 0 saturated carbocycles. The van der Waals surface area contributed by atoms with Crippen LogP contribution in [-0.4, -0.2) is 23.1 Å². The lowest BCUT2D eigenvalue weighted by molar-refractivity contribution is -0.143. The first-order valence-corrected chi connectivity index (χ1v) is 8.39. The molecule has 3 aromatic rings. The Bertz CT molecular complexity index is 942. The van der Waals surface area contributed by atoms with Crippen LogP contribution >= 0.6 is 11.3 Å². The number of ether oxygens (including phenoxy) is 1. The number of carbonyl (C=O) groups excluding carboxylic acids is 2. The van der Waals surface area contributed by atoms with Crippen LogP contribution < -0.4 is 4.80 Å². The summed E-state index contributed by atoms with van der Waals surface area (Å²) in [7, 11) is 0. The number of hydrogen-bond donors (Lipinski definition) is 0. The van der Waals surface area contributed by atoms with E-state index < -0.39 is 0 Å². The summed E-state index contributed by atoms with van der Waals surface area (Å²) in [6, 6.07) is 16.5. The van der Waals surface area contributed by atoms with Crippen LogP contribution in [0.4, 0.5) is 0 Å². The molecule has 0 bridgehead atoms. The fourth-order valence-electron chi connectivity index (χ4n) is 2.33. The van der Waals surface area contributed by atoms with E-state index in [4.69, 9.17) is 4.74 Å². The number of amides is 1. The quantitative estimate of drug-likeness (QED) is 0.686. The van der Waals surface area contributed by atoms with Crippen molar-refractivity contribution in [3.63, 3.8) is 0 Å². The van der Waals surface area contributed by atoms with Crippen LogP contribution in [0.15, 0.2) is 59.6 Å². The highest BCUT2D eigenvalue weighted by atomic mass is 32.1. The number of rotatable bonds is 4. The van der Waals surface area contributed by atoms with Crippen LogP contribution in [0.1, 0.15) is 17.3 Å². The van der Waals surface area contributed by atoms with Gasteiger partial charge in [-0.2, -0.15) is 4.99 Å². The summed E-state index contributed by atoms with van der Waals surface area (Å²) < 4.78 is 7.71.